The first-order valence-electron chi connectivity index (χ1n) is 4.46. The van der Waals surface area contributed by atoms with Crippen molar-refractivity contribution < 1.29 is 4.79 Å². The predicted octanol–water partition coefficient (Wildman–Crippen LogP) is 1.64. The number of amides is 1. The number of nitrogens with zero attached hydrogens (tertiary/aromatic N) is 1. The van der Waals surface area contributed by atoms with Gasteiger partial charge < -0.3 is 4.90 Å². The van der Waals surface area contributed by atoms with E-state index in [1.807, 2.05) is 32.2 Å². The number of fused-ring (bicyclic) bond motifs is 1. The van der Waals surface area contributed by atoms with Gasteiger partial charge in [-0.15, -0.1) is 0 Å². The highest BCUT2D eigenvalue weighted by molar-refractivity contribution is 5.97. The van der Waals surface area contributed by atoms with Crippen molar-refractivity contribution in [1.29, 1.82) is 0 Å². The number of hydrogen-bond donors (Lipinski definition) is 0. The quantitative estimate of drug-likeness (QED) is 0.585. The molecule has 1 aromatic carbocycles. The highest BCUT2D eigenvalue weighted by Gasteiger charge is 2.26. The molecule has 1 heterocycles. The molecule has 0 fully saturated rings. The first-order valence-corrected chi connectivity index (χ1v) is 4.46. The molecule has 0 aliphatic carbocycles. The second kappa shape index (κ2) is 2.87. The Balaban J connectivity index is 2.49. The van der Waals surface area contributed by atoms with E-state index in [1.165, 1.54) is 5.56 Å². The van der Waals surface area contributed by atoms with Gasteiger partial charge in [0.2, 0.25) is 5.91 Å². The van der Waals surface area contributed by atoms with E-state index in [0.717, 1.165) is 12.1 Å². The maximum Gasteiger partial charge on any atom is 0.229 e. The molecule has 1 radical (unpaired) electrons. The Morgan fingerprint density at radius 3 is 3.15 bits per heavy atom. The van der Waals surface area contributed by atoms with Crippen LogP contribution in [0.5, 0.6) is 0 Å². The molecule has 0 aromatic heterocycles. The van der Waals surface area contributed by atoms with E-state index >= 15 is 0 Å². The number of anilines is 1. The van der Waals surface area contributed by atoms with E-state index in [0.29, 0.717) is 0 Å². The maximum atomic E-state index is 11.6. The highest BCUT2D eigenvalue weighted by atomic mass is 16.2. The van der Waals surface area contributed by atoms with E-state index in [-0.39, 0.29) is 11.8 Å². The molecule has 1 amide bonds. The summed E-state index contributed by atoms with van der Waals surface area (Å²) in [6.45, 7) is 1.97. The van der Waals surface area contributed by atoms with Crippen molar-refractivity contribution >= 4 is 11.6 Å². The molecule has 0 spiro atoms. The van der Waals surface area contributed by atoms with E-state index in [9.17, 15) is 4.79 Å². The van der Waals surface area contributed by atoms with Crippen molar-refractivity contribution in [1.82, 2.24) is 0 Å². The molecule has 0 saturated carbocycles. The number of benzene rings is 1. The standard InChI is InChI=1S/C11H12NO/c1-8-7-9-5-3-4-6-10(9)12(2)11(8)13/h4-6,8H,7H2,1-2H3. The van der Waals surface area contributed by atoms with Crippen LogP contribution in [0.3, 0.4) is 0 Å². The monoisotopic (exact) mass is 174 g/mol. The van der Waals surface area contributed by atoms with Crippen molar-refractivity contribution in [2.24, 2.45) is 5.92 Å². The Labute approximate surface area is 78.2 Å². The summed E-state index contributed by atoms with van der Waals surface area (Å²) in [6.07, 6.45) is 0.843. The summed E-state index contributed by atoms with van der Waals surface area (Å²) < 4.78 is 0. The molecular formula is C11H12NO. The van der Waals surface area contributed by atoms with Gasteiger partial charge >= 0.3 is 0 Å². The summed E-state index contributed by atoms with van der Waals surface area (Å²) in [5.41, 5.74) is 2.25. The zero-order valence-electron chi connectivity index (χ0n) is 7.87. The third kappa shape index (κ3) is 1.22. The summed E-state index contributed by atoms with van der Waals surface area (Å²) in [6, 6.07) is 8.79. The van der Waals surface area contributed by atoms with Crippen LogP contribution in [-0.2, 0) is 11.2 Å². The third-order valence-electron chi connectivity index (χ3n) is 2.56. The minimum absolute atomic E-state index is 0.105. The molecular weight excluding hydrogens is 162 g/mol. The zero-order chi connectivity index (χ0) is 9.42. The lowest BCUT2D eigenvalue weighted by Gasteiger charge is -2.29. The smallest absolute Gasteiger partial charge is 0.229 e. The summed E-state index contributed by atoms with van der Waals surface area (Å²) in [5.74, 6) is 0.312. The minimum atomic E-state index is 0.105. The summed E-state index contributed by atoms with van der Waals surface area (Å²) in [7, 11) is 1.83. The van der Waals surface area contributed by atoms with Crippen LogP contribution in [0.1, 0.15) is 12.5 Å². The zero-order valence-corrected chi connectivity index (χ0v) is 7.87. The first kappa shape index (κ1) is 8.30. The van der Waals surface area contributed by atoms with Gasteiger partial charge in [0.05, 0.1) is 0 Å². The average molecular weight is 174 g/mol. The topological polar surface area (TPSA) is 20.3 Å². The Kier molecular flexibility index (Phi) is 1.83. The van der Waals surface area contributed by atoms with Crippen LogP contribution < -0.4 is 4.90 Å². The first-order chi connectivity index (χ1) is 6.20. The SMILES string of the molecule is CC1Cc2c[c]ccc2N(C)C1=O. The van der Waals surface area contributed by atoms with Gasteiger partial charge in [-0.2, -0.15) is 0 Å². The molecule has 1 atom stereocenters. The van der Waals surface area contributed by atoms with Gasteiger partial charge in [-0.1, -0.05) is 13.0 Å². The van der Waals surface area contributed by atoms with E-state index < -0.39 is 0 Å². The molecule has 2 rings (SSSR count). The van der Waals surface area contributed by atoms with Crippen LogP contribution in [0.15, 0.2) is 18.2 Å². The fraction of sp³-hybridized carbons (Fsp3) is 0.364. The normalized spacial score (nSPS) is 21.5. The number of carbonyl (C=O) groups excluding carboxylic acids is 1. The van der Waals surface area contributed by atoms with Crippen molar-refractivity contribution in [2.75, 3.05) is 11.9 Å². The van der Waals surface area contributed by atoms with Gasteiger partial charge in [-0.3, -0.25) is 4.79 Å². The maximum absolute atomic E-state index is 11.6. The van der Waals surface area contributed by atoms with E-state index in [4.69, 9.17) is 0 Å². The van der Waals surface area contributed by atoms with Gasteiger partial charge in [0.25, 0.3) is 0 Å². The Morgan fingerprint density at radius 2 is 2.38 bits per heavy atom. The van der Waals surface area contributed by atoms with Gasteiger partial charge in [0.1, 0.15) is 0 Å². The summed E-state index contributed by atoms with van der Waals surface area (Å²) >= 11 is 0. The number of carbonyl (C=O) groups is 1. The van der Waals surface area contributed by atoms with Crippen LogP contribution in [0.2, 0.25) is 0 Å². The Hall–Kier alpha value is -1.31. The molecule has 1 aliphatic heterocycles. The van der Waals surface area contributed by atoms with Crippen molar-refractivity contribution in [3.63, 3.8) is 0 Å². The highest BCUT2D eigenvalue weighted by Crippen LogP contribution is 2.28. The average Bonchev–Trinajstić information content (AvgIpc) is 2.15. The molecule has 0 bridgehead atoms. The molecule has 0 saturated heterocycles. The second-order valence-corrected chi connectivity index (χ2v) is 3.56. The largest absolute Gasteiger partial charge is 0.315 e. The van der Waals surface area contributed by atoms with Crippen LogP contribution in [0.25, 0.3) is 0 Å². The van der Waals surface area contributed by atoms with Crippen LogP contribution in [0.4, 0.5) is 5.69 Å². The van der Waals surface area contributed by atoms with Gasteiger partial charge in [0.15, 0.2) is 0 Å². The van der Waals surface area contributed by atoms with E-state index in [2.05, 4.69) is 6.07 Å². The predicted molar refractivity (Wildman–Crippen MR) is 51.6 cm³/mol. The lowest BCUT2D eigenvalue weighted by atomic mass is 9.94. The molecule has 1 unspecified atom stereocenters. The summed E-state index contributed by atoms with van der Waals surface area (Å²) in [4.78, 5) is 13.3. The molecule has 2 nitrogen and oxygen atoms in total. The van der Waals surface area contributed by atoms with Crippen LogP contribution in [0, 0.1) is 12.0 Å². The lowest BCUT2D eigenvalue weighted by Crippen LogP contribution is -2.37. The minimum Gasteiger partial charge on any atom is -0.315 e. The summed E-state index contributed by atoms with van der Waals surface area (Å²) in [5, 5.41) is 0. The molecule has 13 heavy (non-hydrogen) atoms. The molecule has 1 aliphatic rings. The van der Waals surface area contributed by atoms with Crippen LogP contribution in [-0.4, -0.2) is 13.0 Å². The molecule has 1 aromatic rings. The number of rotatable bonds is 0. The molecule has 2 heteroatoms. The fourth-order valence-corrected chi connectivity index (χ4v) is 1.81. The lowest BCUT2D eigenvalue weighted by molar-refractivity contribution is -0.121. The number of hydrogen-bond acceptors (Lipinski definition) is 1. The Morgan fingerprint density at radius 1 is 1.62 bits per heavy atom. The second-order valence-electron chi connectivity index (χ2n) is 3.56. The van der Waals surface area contributed by atoms with Crippen LogP contribution >= 0.6 is 0 Å². The van der Waals surface area contributed by atoms with Gasteiger partial charge in [-0.05, 0) is 30.2 Å². The van der Waals surface area contributed by atoms with Crippen molar-refractivity contribution in [2.45, 2.75) is 13.3 Å². The molecule has 67 valence electrons. The van der Waals surface area contributed by atoms with Gasteiger partial charge in [0, 0.05) is 18.7 Å². The van der Waals surface area contributed by atoms with Gasteiger partial charge in [-0.25, -0.2) is 0 Å². The molecule has 0 N–H and O–H groups in total. The fourth-order valence-electron chi connectivity index (χ4n) is 1.81. The van der Waals surface area contributed by atoms with Crippen molar-refractivity contribution in [3.8, 4) is 0 Å². The van der Waals surface area contributed by atoms with Crippen molar-refractivity contribution in [3.05, 3.63) is 29.8 Å². The third-order valence-corrected chi connectivity index (χ3v) is 2.56. The van der Waals surface area contributed by atoms with E-state index in [1.54, 1.807) is 4.90 Å². The Bertz CT molecular complexity index is 346.